The molecule has 0 spiro atoms. The number of nitrogens with zero attached hydrogens (tertiary/aromatic N) is 5. The predicted octanol–water partition coefficient (Wildman–Crippen LogP) is 3.09. The molecule has 0 aromatic carbocycles. The van der Waals surface area contributed by atoms with Crippen molar-refractivity contribution in [3.8, 4) is 11.6 Å². The summed E-state index contributed by atoms with van der Waals surface area (Å²) in [6.45, 7) is 10.2. The first-order valence-corrected chi connectivity index (χ1v) is 9.97. The lowest BCUT2D eigenvalue weighted by Gasteiger charge is -2.39. The molecule has 9 heteroatoms. The summed E-state index contributed by atoms with van der Waals surface area (Å²) in [6, 6.07) is 5.62. The van der Waals surface area contributed by atoms with Gasteiger partial charge in [-0.05, 0) is 32.9 Å². The van der Waals surface area contributed by atoms with Crippen LogP contribution < -0.4 is 5.32 Å². The highest BCUT2D eigenvalue weighted by molar-refractivity contribution is 14.0. The van der Waals surface area contributed by atoms with Crippen LogP contribution in [0.3, 0.4) is 0 Å². The molecule has 27 heavy (non-hydrogen) atoms. The Kier molecular flexibility index (Phi) is 8.33. The van der Waals surface area contributed by atoms with Crippen molar-refractivity contribution in [2.45, 2.75) is 31.9 Å². The van der Waals surface area contributed by atoms with Gasteiger partial charge in [0, 0.05) is 49.3 Å². The number of rotatable bonds is 5. The van der Waals surface area contributed by atoms with Crippen LogP contribution in [-0.4, -0.2) is 62.7 Å². The number of hydrogen-bond donors (Lipinski definition) is 1. The molecule has 3 rings (SSSR count). The van der Waals surface area contributed by atoms with Crippen molar-refractivity contribution in [3.63, 3.8) is 0 Å². The molecule has 0 saturated carbocycles. The first-order chi connectivity index (χ1) is 12.6. The van der Waals surface area contributed by atoms with Gasteiger partial charge in [-0.15, -0.1) is 24.0 Å². The van der Waals surface area contributed by atoms with Gasteiger partial charge in [-0.25, -0.2) is 0 Å². The van der Waals surface area contributed by atoms with E-state index in [4.69, 9.17) is 9.52 Å². The first kappa shape index (κ1) is 21.9. The van der Waals surface area contributed by atoms with E-state index in [0.717, 1.165) is 31.3 Å². The van der Waals surface area contributed by atoms with Crippen LogP contribution in [-0.2, 0) is 6.42 Å². The van der Waals surface area contributed by atoms with Crippen molar-refractivity contribution in [3.05, 3.63) is 30.2 Å². The summed E-state index contributed by atoms with van der Waals surface area (Å²) >= 11 is 2.02. The monoisotopic (exact) mass is 502 g/mol. The van der Waals surface area contributed by atoms with Gasteiger partial charge in [0.15, 0.2) is 11.8 Å². The minimum Gasteiger partial charge on any atom is -0.357 e. The second-order valence-corrected chi connectivity index (χ2v) is 8.55. The summed E-state index contributed by atoms with van der Waals surface area (Å²) < 4.78 is 5.55. The second-order valence-electron chi connectivity index (χ2n) is 6.75. The van der Waals surface area contributed by atoms with E-state index in [1.54, 1.807) is 6.20 Å². The molecule has 0 amide bonds. The molecular formula is C18H27IN6OS. The summed E-state index contributed by atoms with van der Waals surface area (Å²) in [6.07, 6.45) is 2.35. The van der Waals surface area contributed by atoms with Gasteiger partial charge in [0.05, 0.1) is 0 Å². The molecule has 1 fully saturated rings. The summed E-state index contributed by atoms with van der Waals surface area (Å²) in [5.74, 6) is 3.19. The van der Waals surface area contributed by atoms with Crippen LogP contribution in [0.1, 0.15) is 26.6 Å². The topological polar surface area (TPSA) is 79.4 Å². The maximum atomic E-state index is 5.30. The number of pyridine rings is 1. The van der Waals surface area contributed by atoms with E-state index < -0.39 is 0 Å². The Balaban J connectivity index is 0.00000261. The van der Waals surface area contributed by atoms with E-state index in [0.29, 0.717) is 30.4 Å². The normalized spacial score (nSPS) is 16.7. The number of thioether (sulfide) groups is 1. The van der Waals surface area contributed by atoms with Crippen LogP contribution in [0.25, 0.3) is 11.6 Å². The second kappa shape index (κ2) is 10.3. The molecule has 1 aliphatic heterocycles. The Morgan fingerprint density at radius 1 is 1.41 bits per heavy atom. The maximum absolute atomic E-state index is 5.30. The minimum atomic E-state index is 0. The number of aliphatic imine (C=N–C) groups is 1. The molecular weight excluding hydrogens is 475 g/mol. The third-order valence-corrected chi connectivity index (χ3v) is 5.31. The highest BCUT2D eigenvalue weighted by Crippen LogP contribution is 2.29. The van der Waals surface area contributed by atoms with Crippen LogP contribution in [0.2, 0.25) is 0 Å². The summed E-state index contributed by atoms with van der Waals surface area (Å²) in [5.41, 5.74) is 0.691. The fourth-order valence-corrected chi connectivity index (χ4v) is 3.95. The Morgan fingerprint density at radius 2 is 2.26 bits per heavy atom. The first-order valence-electron chi connectivity index (χ1n) is 8.98. The number of nitrogens with one attached hydrogen (secondary N) is 1. The zero-order valence-electron chi connectivity index (χ0n) is 16.0. The number of aromatic nitrogens is 3. The average molecular weight is 502 g/mol. The fourth-order valence-electron chi connectivity index (χ4n) is 2.83. The van der Waals surface area contributed by atoms with E-state index in [1.807, 2.05) is 30.0 Å². The van der Waals surface area contributed by atoms with Crippen LogP contribution >= 0.6 is 35.7 Å². The average Bonchev–Trinajstić information content (AvgIpc) is 3.10. The number of halogens is 1. The molecule has 2 aromatic rings. The van der Waals surface area contributed by atoms with Gasteiger partial charge in [0.1, 0.15) is 5.69 Å². The van der Waals surface area contributed by atoms with Crippen molar-refractivity contribution < 1.29 is 4.52 Å². The molecule has 1 aliphatic rings. The number of hydrogen-bond acceptors (Lipinski definition) is 6. The quantitative estimate of drug-likeness (QED) is 0.383. The van der Waals surface area contributed by atoms with Crippen LogP contribution in [0.5, 0.6) is 0 Å². The van der Waals surface area contributed by atoms with Crippen molar-refractivity contribution in [2.75, 3.05) is 31.9 Å². The molecule has 1 N–H and O–H groups in total. The number of guanidine groups is 1. The SMILES string of the molecule is CCNC(=NCCc1noc(-c2ccccn2)n1)N1CCSC(C)(C)C1.I. The van der Waals surface area contributed by atoms with Gasteiger partial charge in [-0.1, -0.05) is 11.2 Å². The molecule has 0 atom stereocenters. The molecule has 148 valence electrons. The van der Waals surface area contributed by atoms with Gasteiger partial charge < -0.3 is 14.7 Å². The predicted molar refractivity (Wildman–Crippen MR) is 121 cm³/mol. The molecule has 0 aliphatic carbocycles. The van der Waals surface area contributed by atoms with Gasteiger partial charge in [-0.3, -0.25) is 9.98 Å². The van der Waals surface area contributed by atoms with E-state index in [9.17, 15) is 0 Å². The fraction of sp³-hybridized carbons (Fsp3) is 0.556. The highest BCUT2D eigenvalue weighted by Gasteiger charge is 2.28. The van der Waals surface area contributed by atoms with Crippen LogP contribution in [0, 0.1) is 0 Å². The minimum absolute atomic E-state index is 0. The lowest BCUT2D eigenvalue weighted by atomic mass is 10.2. The van der Waals surface area contributed by atoms with Crippen molar-refractivity contribution >= 4 is 41.7 Å². The Labute approximate surface area is 181 Å². The third kappa shape index (κ3) is 6.34. The molecule has 3 heterocycles. The smallest absolute Gasteiger partial charge is 0.276 e. The Hall–Kier alpha value is -1.36. The van der Waals surface area contributed by atoms with Crippen molar-refractivity contribution in [1.82, 2.24) is 25.3 Å². The van der Waals surface area contributed by atoms with E-state index in [2.05, 4.69) is 46.1 Å². The van der Waals surface area contributed by atoms with Gasteiger partial charge in [-0.2, -0.15) is 16.7 Å². The Morgan fingerprint density at radius 3 is 2.96 bits per heavy atom. The summed E-state index contributed by atoms with van der Waals surface area (Å²) in [5, 5.41) is 7.44. The van der Waals surface area contributed by atoms with E-state index in [1.165, 1.54) is 0 Å². The summed E-state index contributed by atoms with van der Waals surface area (Å²) in [7, 11) is 0. The molecule has 7 nitrogen and oxygen atoms in total. The van der Waals surface area contributed by atoms with Crippen LogP contribution in [0.4, 0.5) is 0 Å². The zero-order valence-corrected chi connectivity index (χ0v) is 19.2. The molecule has 0 radical (unpaired) electrons. The van der Waals surface area contributed by atoms with Crippen molar-refractivity contribution in [2.24, 2.45) is 4.99 Å². The van der Waals surface area contributed by atoms with Crippen molar-refractivity contribution in [1.29, 1.82) is 0 Å². The maximum Gasteiger partial charge on any atom is 0.276 e. The molecule has 1 saturated heterocycles. The Bertz CT molecular complexity index is 736. The highest BCUT2D eigenvalue weighted by atomic mass is 127. The summed E-state index contributed by atoms with van der Waals surface area (Å²) in [4.78, 5) is 15.7. The lowest BCUT2D eigenvalue weighted by Crippen LogP contribution is -2.51. The van der Waals surface area contributed by atoms with Gasteiger partial charge in [0.25, 0.3) is 5.89 Å². The van der Waals surface area contributed by atoms with Gasteiger partial charge >= 0.3 is 0 Å². The van der Waals surface area contributed by atoms with Gasteiger partial charge in [0.2, 0.25) is 0 Å². The van der Waals surface area contributed by atoms with E-state index in [-0.39, 0.29) is 28.7 Å². The molecule has 0 unspecified atom stereocenters. The zero-order chi connectivity index (χ0) is 18.4. The lowest BCUT2D eigenvalue weighted by molar-refractivity contribution is 0.376. The largest absolute Gasteiger partial charge is 0.357 e. The standard InChI is InChI=1S/C18H26N6OS.HI/c1-4-19-17(24-11-12-26-18(2,3)13-24)21-10-8-15-22-16(25-23-15)14-7-5-6-9-20-14;/h5-7,9H,4,8,10-13H2,1-3H3,(H,19,21);1H. The van der Waals surface area contributed by atoms with E-state index >= 15 is 0 Å². The van der Waals surface area contributed by atoms with Crippen LogP contribution in [0.15, 0.2) is 33.9 Å². The molecule has 0 bridgehead atoms. The molecule has 2 aromatic heterocycles. The third-order valence-electron chi connectivity index (χ3n) is 4.01.